The Balaban J connectivity index is 1.98. The summed E-state index contributed by atoms with van der Waals surface area (Å²) in [5.41, 5.74) is 2.06. The lowest BCUT2D eigenvalue weighted by atomic mass is 10.2. The Morgan fingerprint density at radius 2 is 2.32 bits per heavy atom. The van der Waals surface area contributed by atoms with E-state index in [1.807, 2.05) is 10.6 Å². The molecule has 0 aliphatic rings. The maximum absolute atomic E-state index is 4.27. The van der Waals surface area contributed by atoms with Crippen molar-refractivity contribution in [1.29, 1.82) is 0 Å². The number of thiophene rings is 1. The number of rotatable bonds is 4. The van der Waals surface area contributed by atoms with Crippen LogP contribution in [-0.2, 0) is 0 Å². The van der Waals surface area contributed by atoms with Gasteiger partial charge in [0.1, 0.15) is 12.1 Å². The standard InChI is InChI=1S/C14H16N4S/c1-3-11(12-5-4-6-19-12)17-14-8-10(2)7-13-15-9-16-18(13)14/h4-9,11,17H,3H2,1-2H3. The Morgan fingerprint density at radius 1 is 1.42 bits per heavy atom. The SMILES string of the molecule is CCC(Nc1cc(C)cc2ncnn12)c1cccs1. The van der Waals surface area contributed by atoms with Crippen molar-refractivity contribution in [3.8, 4) is 0 Å². The van der Waals surface area contributed by atoms with Crippen molar-refractivity contribution in [2.24, 2.45) is 0 Å². The number of hydrogen-bond acceptors (Lipinski definition) is 4. The minimum absolute atomic E-state index is 0.314. The van der Waals surface area contributed by atoms with Gasteiger partial charge < -0.3 is 5.32 Å². The van der Waals surface area contributed by atoms with Crippen molar-refractivity contribution >= 4 is 22.8 Å². The van der Waals surface area contributed by atoms with Gasteiger partial charge in [0.2, 0.25) is 0 Å². The second-order valence-corrected chi connectivity index (χ2v) is 5.55. The average molecular weight is 272 g/mol. The number of nitrogens with one attached hydrogen (secondary N) is 1. The number of anilines is 1. The van der Waals surface area contributed by atoms with Gasteiger partial charge in [0.15, 0.2) is 5.65 Å². The number of nitrogens with zero attached hydrogens (tertiary/aromatic N) is 3. The van der Waals surface area contributed by atoms with Crippen molar-refractivity contribution in [3.63, 3.8) is 0 Å². The summed E-state index contributed by atoms with van der Waals surface area (Å²) in [5.74, 6) is 0.993. The van der Waals surface area contributed by atoms with Crippen LogP contribution in [0.15, 0.2) is 36.0 Å². The molecule has 0 saturated carbocycles. The fourth-order valence-electron chi connectivity index (χ4n) is 2.20. The number of hydrogen-bond donors (Lipinski definition) is 1. The number of pyridine rings is 1. The second kappa shape index (κ2) is 5.01. The van der Waals surface area contributed by atoms with Crippen molar-refractivity contribution < 1.29 is 0 Å². The van der Waals surface area contributed by atoms with Crippen LogP contribution in [0.3, 0.4) is 0 Å². The van der Waals surface area contributed by atoms with Gasteiger partial charge in [0.25, 0.3) is 0 Å². The first-order valence-corrected chi connectivity index (χ1v) is 7.26. The van der Waals surface area contributed by atoms with E-state index in [1.165, 1.54) is 10.4 Å². The van der Waals surface area contributed by atoms with Gasteiger partial charge in [-0.25, -0.2) is 4.98 Å². The summed E-state index contributed by atoms with van der Waals surface area (Å²) in [6.07, 6.45) is 2.62. The van der Waals surface area contributed by atoms with Crippen molar-refractivity contribution in [3.05, 3.63) is 46.4 Å². The number of aromatic nitrogens is 3. The third-order valence-corrected chi connectivity index (χ3v) is 4.13. The maximum atomic E-state index is 4.27. The van der Waals surface area contributed by atoms with Gasteiger partial charge in [-0.2, -0.15) is 9.61 Å². The molecule has 0 aliphatic heterocycles. The smallest absolute Gasteiger partial charge is 0.157 e. The quantitative estimate of drug-likeness (QED) is 0.788. The molecule has 3 aromatic rings. The molecule has 5 heteroatoms. The molecule has 98 valence electrons. The predicted molar refractivity (Wildman–Crippen MR) is 78.7 cm³/mol. The lowest BCUT2D eigenvalue weighted by molar-refractivity contribution is 0.749. The van der Waals surface area contributed by atoms with E-state index in [-0.39, 0.29) is 0 Å². The van der Waals surface area contributed by atoms with E-state index in [2.05, 4.69) is 52.8 Å². The molecule has 0 aliphatic carbocycles. The molecule has 3 heterocycles. The first-order valence-electron chi connectivity index (χ1n) is 6.38. The van der Waals surface area contributed by atoms with Crippen LogP contribution in [0.5, 0.6) is 0 Å². The molecule has 0 amide bonds. The fraction of sp³-hybridized carbons (Fsp3) is 0.286. The fourth-order valence-corrected chi connectivity index (χ4v) is 3.06. The molecule has 19 heavy (non-hydrogen) atoms. The Hall–Kier alpha value is -1.88. The zero-order valence-corrected chi connectivity index (χ0v) is 11.8. The van der Waals surface area contributed by atoms with E-state index in [0.717, 1.165) is 17.9 Å². The number of aryl methyl sites for hydroxylation is 1. The van der Waals surface area contributed by atoms with E-state index in [1.54, 1.807) is 17.7 Å². The number of fused-ring (bicyclic) bond motifs is 1. The molecule has 0 saturated heterocycles. The van der Waals surface area contributed by atoms with E-state index < -0.39 is 0 Å². The Kier molecular flexibility index (Phi) is 3.21. The molecule has 3 aromatic heterocycles. The highest BCUT2D eigenvalue weighted by atomic mass is 32.1. The molecule has 0 fully saturated rings. The minimum atomic E-state index is 0.314. The summed E-state index contributed by atoms with van der Waals surface area (Å²) >= 11 is 1.78. The van der Waals surface area contributed by atoms with Crippen molar-refractivity contribution in [1.82, 2.24) is 14.6 Å². The van der Waals surface area contributed by atoms with Crippen molar-refractivity contribution in [2.45, 2.75) is 26.3 Å². The summed E-state index contributed by atoms with van der Waals surface area (Å²) in [6.45, 7) is 4.26. The van der Waals surface area contributed by atoms with E-state index in [0.29, 0.717) is 6.04 Å². The third-order valence-electron chi connectivity index (χ3n) is 3.14. The molecular weight excluding hydrogens is 256 g/mol. The minimum Gasteiger partial charge on any atom is -0.362 e. The molecular formula is C14H16N4S. The third kappa shape index (κ3) is 2.33. The molecule has 1 unspecified atom stereocenters. The summed E-state index contributed by atoms with van der Waals surface area (Å²) < 4.78 is 1.85. The highest BCUT2D eigenvalue weighted by molar-refractivity contribution is 7.10. The molecule has 1 N–H and O–H groups in total. The maximum Gasteiger partial charge on any atom is 0.157 e. The second-order valence-electron chi connectivity index (χ2n) is 4.57. The highest BCUT2D eigenvalue weighted by Crippen LogP contribution is 2.26. The van der Waals surface area contributed by atoms with Gasteiger partial charge in [-0.05, 0) is 42.5 Å². The Morgan fingerprint density at radius 3 is 3.05 bits per heavy atom. The summed E-state index contributed by atoms with van der Waals surface area (Å²) in [4.78, 5) is 5.60. The highest BCUT2D eigenvalue weighted by Gasteiger charge is 2.12. The molecule has 0 bridgehead atoms. The van der Waals surface area contributed by atoms with E-state index in [9.17, 15) is 0 Å². The Bertz CT molecular complexity index is 672. The van der Waals surface area contributed by atoms with Gasteiger partial charge in [0.05, 0.1) is 6.04 Å². The summed E-state index contributed by atoms with van der Waals surface area (Å²) in [6, 6.07) is 8.71. The van der Waals surface area contributed by atoms with Crippen LogP contribution in [0, 0.1) is 6.92 Å². The van der Waals surface area contributed by atoms with Crippen LogP contribution in [0.25, 0.3) is 5.65 Å². The zero-order valence-electron chi connectivity index (χ0n) is 11.0. The zero-order chi connectivity index (χ0) is 13.2. The molecule has 0 aromatic carbocycles. The molecule has 3 rings (SSSR count). The summed E-state index contributed by atoms with van der Waals surface area (Å²) in [7, 11) is 0. The topological polar surface area (TPSA) is 42.2 Å². The van der Waals surface area contributed by atoms with Crippen LogP contribution in [0.1, 0.15) is 29.8 Å². The molecule has 1 atom stereocenters. The van der Waals surface area contributed by atoms with Crippen LogP contribution >= 0.6 is 11.3 Å². The van der Waals surface area contributed by atoms with Crippen molar-refractivity contribution in [2.75, 3.05) is 5.32 Å². The van der Waals surface area contributed by atoms with Crippen LogP contribution in [-0.4, -0.2) is 14.6 Å². The molecule has 0 spiro atoms. The molecule has 4 nitrogen and oxygen atoms in total. The molecule has 0 radical (unpaired) electrons. The van der Waals surface area contributed by atoms with Crippen LogP contribution in [0.2, 0.25) is 0 Å². The van der Waals surface area contributed by atoms with Gasteiger partial charge in [0, 0.05) is 4.88 Å². The van der Waals surface area contributed by atoms with E-state index >= 15 is 0 Å². The lowest BCUT2D eigenvalue weighted by Crippen LogP contribution is -2.11. The van der Waals surface area contributed by atoms with Gasteiger partial charge >= 0.3 is 0 Å². The average Bonchev–Trinajstić information content (AvgIpc) is 3.05. The first kappa shape index (κ1) is 12.2. The van der Waals surface area contributed by atoms with E-state index in [4.69, 9.17) is 0 Å². The largest absolute Gasteiger partial charge is 0.362 e. The normalized spacial score (nSPS) is 12.7. The van der Waals surface area contributed by atoms with Gasteiger partial charge in [-0.1, -0.05) is 13.0 Å². The predicted octanol–water partition coefficient (Wildman–Crippen LogP) is 3.66. The van der Waals surface area contributed by atoms with Gasteiger partial charge in [-0.15, -0.1) is 11.3 Å². The van der Waals surface area contributed by atoms with Crippen LogP contribution < -0.4 is 5.32 Å². The lowest BCUT2D eigenvalue weighted by Gasteiger charge is -2.17. The first-order chi connectivity index (χ1) is 9.28. The monoisotopic (exact) mass is 272 g/mol. The summed E-state index contributed by atoms with van der Waals surface area (Å²) in [5, 5.41) is 9.96. The van der Waals surface area contributed by atoms with Gasteiger partial charge in [-0.3, -0.25) is 0 Å². The van der Waals surface area contributed by atoms with Crippen LogP contribution in [0.4, 0.5) is 5.82 Å². The Labute approximate surface area is 116 Å².